The molecule has 0 saturated carbocycles. The lowest BCUT2D eigenvalue weighted by Gasteiger charge is -2.22. The molecule has 0 bridgehead atoms. The largest absolute Gasteiger partial charge is 0.418 e. The molecule has 0 aliphatic carbocycles. The minimum Gasteiger partial charge on any atom is -0.418 e. The van der Waals surface area contributed by atoms with Gasteiger partial charge in [0, 0.05) is 11.6 Å². The van der Waals surface area contributed by atoms with E-state index in [-0.39, 0.29) is 6.04 Å². The summed E-state index contributed by atoms with van der Waals surface area (Å²) < 4.78 is 5.79. The monoisotopic (exact) mass is 333 g/mol. The van der Waals surface area contributed by atoms with Crippen LogP contribution < -0.4 is 0 Å². The van der Waals surface area contributed by atoms with Gasteiger partial charge in [0.1, 0.15) is 0 Å². The predicted octanol–water partition coefficient (Wildman–Crippen LogP) is 4.64. The summed E-state index contributed by atoms with van der Waals surface area (Å²) in [5, 5.41) is 11.1. The number of aromatic nitrogens is 2. The molecular weight excluding hydrogens is 318 g/mol. The Morgan fingerprint density at radius 3 is 2.77 bits per heavy atom. The van der Waals surface area contributed by atoms with Crippen LogP contribution in [0.2, 0.25) is 5.02 Å². The lowest BCUT2D eigenvalue weighted by atomic mass is 10.2. The number of hydrogen-bond acceptors (Lipinski definition) is 5. The Morgan fingerprint density at radius 2 is 2.05 bits per heavy atom. The van der Waals surface area contributed by atoms with Gasteiger partial charge in [-0.25, -0.2) is 0 Å². The zero-order valence-corrected chi connectivity index (χ0v) is 13.9. The molecule has 0 aliphatic heterocycles. The number of rotatable bonds is 5. The maximum Gasteiger partial charge on any atom is 0.257 e. The molecule has 0 amide bonds. The van der Waals surface area contributed by atoms with Gasteiger partial charge in [0.25, 0.3) is 5.89 Å². The Hall–Kier alpha value is -1.69. The van der Waals surface area contributed by atoms with E-state index in [4.69, 9.17) is 16.0 Å². The maximum atomic E-state index is 6.21. The van der Waals surface area contributed by atoms with Crippen molar-refractivity contribution in [3.63, 3.8) is 0 Å². The van der Waals surface area contributed by atoms with Crippen molar-refractivity contribution in [2.75, 3.05) is 7.05 Å². The van der Waals surface area contributed by atoms with Crippen molar-refractivity contribution in [2.45, 2.75) is 19.5 Å². The minimum absolute atomic E-state index is 0.0116. The van der Waals surface area contributed by atoms with Crippen molar-refractivity contribution >= 4 is 22.9 Å². The first-order chi connectivity index (χ1) is 10.6. The molecule has 22 heavy (non-hydrogen) atoms. The second-order valence-corrected chi connectivity index (χ2v) is 6.46. The molecule has 6 heteroatoms. The van der Waals surface area contributed by atoms with Crippen LogP contribution in [0.4, 0.5) is 0 Å². The molecule has 1 aromatic carbocycles. The van der Waals surface area contributed by atoms with E-state index in [0.717, 1.165) is 22.0 Å². The van der Waals surface area contributed by atoms with Crippen LogP contribution in [0.1, 0.15) is 24.4 Å². The maximum absolute atomic E-state index is 6.21. The molecule has 114 valence electrons. The van der Waals surface area contributed by atoms with Crippen LogP contribution in [0, 0.1) is 0 Å². The third kappa shape index (κ3) is 3.21. The summed E-state index contributed by atoms with van der Waals surface area (Å²) in [5.74, 6) is 1.18. The van der Waals surface area contributed by atoms with E-state index in [2.05, 4.69) is 15.1 Å². The van der Waals surface area contributed by atoms with E-state index in [1.165, 1.54) is 0 Å². The normalized spacial score (nSPS) is 12.7. The van der Waals surface area contributed by atoms with Crippen molar-refractivity contribution in [3.05, 3.63) is 58.3 Å². The molecule has 0 aliphatic rings. The molecule has 2 aromatic heterocycles. The lowest BCUT2D eigenvalue weighted by Crippen LogP contribution is -2.22. The zero-order chi connectivity index (χ0) is 15.5. The van der Waals surface area contributed by atoms with Crippen LogP contribution in [0.15, 0.2) is 46.2 Å². The molecule has 1 atom stereocenters. The van der Waals surface area contributed by atoms with Gasteiger partial charge in [0.2, 0.25) is 5.89 Å². The molecule has 0 radical (unpaired) electrons. The van der Waals surface area contributed by atoms with Crippen molar-refractivity contribution < 1.29 is 4.42 Å². The highest BCUT2D eigenvalue weighted by Crippen LogP contribution is 2.27. The Morgan fingerprint density at radius 1 is 1.23 bits per heavy atom. The highest BCUT2D eigenvalue weighted by Gasteiger charge is 2.20. The van der Waals surface area contributed by atoms with Crippen molar-refractivity contribution in [1.82, 2.24) is 15.1 Å². The fraction of sp³-hybridized carbons (Fsp3) is 0.250. The SMILES string of the molecule is C[C@@H](c1nnc(-c2cccs2)o1)N(C)Cc1ccccc1Cl. The average molecular weight is 334 g/mol. The molecule has 0 N–H and O–H groups in total. The van der Waals surface area contributed by atoms with Gasteiger partial charge >= 0.3 is 0 Å². The first-order valence-corrected chi connectivity index (χ1v) is 8.22. The fourth-order valence-electron chi connectivity index (χ4n) is 2.12. The van der Waals surface area contributed by atoms with Crippen molar-refractivity contribution in [3.8, 4) is 10.8 Å². The summed E-state index contributed by atoms with van der Waals surface area (Å²) in [6, 6.07) is 11.8. The Kier molecular flexibility index (Phi) is 4.57. The molecule has 0 fully saturated rings. The Bertz CT molecular complexity index is 741. The van der Waals surface area contributed by atoms with Gasteiger partial charge in [-0.15, -0.1) is 21.5 Å². The Balaban J connectivity index is 1.73. The standard InChI is InChI=1S/C16H16ClN3OS/c1-11(20(2)10-12-6-3-4-7-13(12)17)15-18-19-16(21-15)14-8-5-9-22-14/h3-9,11H,10H2,1-2H3/t11-/m0/s1. The van der Waals surface area contributed by atoms with E-state index in [1.807, 2.05) is 55.7 Å². The van der Waals surface area contributed by atoms with E-state index in [1.54, 1.807) is 11.3 Å². The molecular formula is C16H16ClN3OS. The molecule has 4 nitrogen and oxygen atoms in total. The molecule has 3 rings (SSSR count). The van der Waals surface area contributed by atoms with Crippen LogP contribution in [-0.4, -0.2) is 22.1 Å². The van der Waals surface area contributed by atoms with Crippen LogP contribution in [0.25, 0.3) is 10.8 Å². The highest BCUT2D eigenvalue weighted by molar-refractivity contribution is 7.13. The van der Waals surface area contributed by atoms with Gasteiger partial charge in [-0.1, -0.05) is 35.9 Å². The predicted molar refractivity (Wildman–Crippen MR) is 88.9 cm³/mol. The van der Waals surface area contributed by atoms with Gasteiger partial charge in [0.05, 0.1) is 10.9 Å². The van der Waals surface area contributed by atoms with Crippen LogP contribution in [0.5, 0.6) is 0 Å². The number of benzene rings is 1. The van der Waals surface area contributed by atoms with Crippen LogP contribution in [0.3, 0.4) is 0 Å². The summed E-state index contributed by atoms with van der Waals surface area (Å²) in [5.41, 5.74) is 1.08. The molecule has 2 heterocycles. The first-order valence-electron chi connectivity index (χ1n) is 6.96. The summed E-state index contributed by atoms with van der Waals surface area (Å²) in [4.78, 5) is 3.12. The molecule has 0 unspecified atom stereocenters. The van der Waals surface area contributed by atoms with Crippen LogP contribution >= 0.6 is 22.9 Å². The Labute approximate surface area is 138 Å². The van der Waals surface area contributed by atoms with Crippen LogP contribution in [-0.2, 0) is 6.54 Å². The number of nitrogens with zero attached hydrogens (tertiary/aromatic N) is 3. The summed E-state index contributed by atoms with van der Waals surface area (Å²) >= 11 is 7.80. The van der Waals surface area contributed by atoms with Gasteiger partial charge < -0.3 is 4.42 Å². The number of thiophene rings is 1. The minimum atomic E-state index is 0.0116. The van der Waals surface area contributed by atoms with E-state index in [0.29, 0.717) is 11.8 Å². The van der Waals surface area contributed by atoms with Gasteiger partial charge in [-0.3, -0.25) is 4.90 Å². The number of hydrogen-bond donors (Lipinski definition) is 0. The zero-order valence-electron chi connectivity index (χ0n) is 12.4. The quantitative estimate of drug-likeness (QED) is 0.682. The number of halogens is 1. The topological polar surface area (TPSA) is 42.2 Å². The van der Waals surface area contributed by atoms with Gasteiger partial charge in [0.15, 0.2) is 0 Å². The van der Waals surface area contributed by atoms with E-state index in [9.17, 15) is 0 Å². The van der Waals surface area contributed by atoms with E-state index >= 15 is 0 Å². The first kappa shape index (κ1) is 15.2. The summed E-state index contributed by atoms with van der Waals surface area (Å²) in [6.07, 6.45) is 0. The third-order valence-corrected chi connectivity index (χ3v) is 4.80. The van der Waals surface area contributed by atoms with Gasteiger partial charge in [-0.2, -0.15) is 0 Å². The fourth-order valence-corrected chi connectivity index (χ4v) is 2.96. The summed E-state index contributed by atoms with van der Waals surface area (Å²) in [6.45, 7) is 2.76. The lowest BCUT2D eigenvalue weighted by molar-refractivity contribution is 0.218. The third-order valence-electron chi connectivity index (χ3n) is 3.57. The van der Waals surface area contributed by atoms with Crippen molar-refractivity contribution in [1.29, 1.82) is 0 Å². The molecule has 3 aromatic rings. The van der Waals surface area contributed by atoms with Gasteiger partial charge in [-0.05, 0) is 37.0 Å². The molecule has 0 spiro atoms. The second kappa shape index (κ2) is 6.60. The van der Waals surface area contributed by atoms with Crippen molar-refractivity contribution in [2.24, 2.45) is 0 Å². The van der Waals surface area contributed by atoms with E-state index < -0.39 is 0 Å². The highest BCUT2D eigenvalue weighted by atomic mass is 35.5. The second-order valence-electron chi connectivity index (χ2n) is 5.11. The molecule has 0 saturated heterocycles. The average Bonchev–Trinajstić information content (AvgIpc) is 3.19. The smallest absolute Gasteiger partial charge is 0.257 e. The summed E-state index contributed by atoms with van der Waals surface area (Å²) in [7, 11) is 2.02.